The van der Waals surface area contributed by atoms with Crippen LogP contribution in [0.15, 0.2) is 44.3 Å². The van der Waals surface area contributed by atoms with Gasteiger partial charge in [-0.25, -0.2) is 4.36 Å². The number of oxime groups is 1. The van der Waals surface area contributed by atoms with E-state index in [1.165, 1.54) is 18.2 Å². The summed E-state index contributed by atoms with van der Waals surface area (Å²) in [5.41, 5.74) is -5.59. The van der Waals surface area contributed by atoms with Crippen LogP contribution in [-0.2, 0) is 43.9 Å². The Labute approximate surface area is 252 Å². The molecule has 1 aliphatic rings. The lowest BCUT2D eigenvalue weighted by atomic mass is 9.85. The molecule has 0 radical (unpaired) electrons. The number of halogens is 12. The Morgan fingerprint density at radius 3 is 2.33 bits per heavy atom. The number of hydrogen-bond donors (Lipinski definition) is 1. The monoisotopic (exact) mass is 731 g/mol. The standard InChI is InChI=1S/C23H13BrCl2F9N3O3S/c24-14-3-10(1-2-11(14)7-36-18(40)9-42-37-8-17(39)22(30,31)32)16-6-20(41-38-16,23(33,34)35)12-4-13(21(27,28)29)19(26)15(25)5-12/h1-5,9H,6-8H2,(H,36,40). The van der Waals surface area contributed by atoms with Crippen molar-refractivity contribution in [3.63, 3.8) is 0 Å². The summed E-state index contributed by atoms with van der Waals surface area (Å²) in [5.74, 6) is -2.84. The molecule has 1 N–H and O–H groups in total. The summed E-state index contributed by atoms with van der Waals surface area (Å²) in [6.45, 7) is -1.32. The first kappa shape index (κ1) is 33.9. The van der Waals surface area contributed by atoms with Gasteiger partial charge in [-0.05, 0) is 34.9 Å². The van der Waals surface area contributed by atoms with E-state index in [1.807, 2.05) is 0 Å². The van der Waals surface area contributed by atoms with Crippen molar-refractivity contribution < 1.29 is 53.9 Å². The summed E-state index contributed by atoms with van der Waals surface area (Å²) in [6, 6.07) is 4.90. The Morgan fingerprint density at radius 2 is 1.76 bits per heavy atom. The van der Waals surface area contributed by atoms with Crippen LogP contribution in [0, 0.1) is 0 Å². The molecular weight excluding hydrogens is 720 g/mol. The van der Waals surface area contributed by atoms with Crippen molar-refractivity contribution in [3.8, 4) is 0 Å². The molecule has 2 aromatic carbocycles. The van der Waals surface area contributed by atoms with Crippen LogP contribution in [0.3, 0.4) is 0 Å². The predicted molar refractivity (Wildman–Crippen MR) is 139 cm³/mol. The summed E-state index contributed by atoms with van der Waals surface area (Å²) < 4.78 is 123. The number of ketones is 1. The van der Waals surface area contributed by atoms with Crippen LogP contribution in [0.4, 0.5) is 39.5 Å². The summed E-state index contributed by atoms with van der Waals surface area (Å²) in [4.78, 5) is 27.4. The van der Waals surface area contributed by atoms with Crippen molar-refractivity contribution in [2.75, 3.05) is 6.54 Å². The molecule has 1 aliphatic heterocycles. The molecule has 1 unspecified atom stereocenters. The van der Waals surface area contributed by atoms with Crippen LogP contribution >= 0.6 is 39.1 Å². The van der Waals surface area contributed by atoms with Gasteiger partial charge in [-0.15, -0.1) is 0 Å². The molecule has 6 nitrogen and oxygen atoms in total. The molecule has 1 atom stereocenters. The van der Waals surface area contributed by atoms with Crippen molar-refractivity contribution in [1.82, 2.24) is 5.32 Å². The fourth-order valence-corrected chi connectivity index (χ4v) is 4.85. The maximum Gasteiger partial charge on any atom is 0.452 e. The predicted octanol–water partition coefficient (Wildman–Crippen LogP) is 7.17. The van der Waals surface area contributed by atoms with Gasteiger partial charge in [0, 0.05) is 28.6 Å². The zero-order chi connectivity index (χ0) is 31.7. The van der Waals surface area contributed by atoms with Gasteiger partial charge < -0.3 is 10.2 Å². The van der Waals surface area contributed by atoms with Crippen molar-refractivity contribution in [1.29, 1.82) is 0 Å². The van der Waals surface area contributed by atoms with E-state index in [0.29, 0.717) is 22.8 Å². The maximum atomic E-state index is 14.3. The molecule has 0 saturated heterocycles. The summed E-state index contributed by atoms with van der Waals surface area (Å²) >= 11 is 14.8. The molecule has 19 heteroatoms. The second-order valence-corrected chi connectivity index (χ2v) is 10.7. The zero-order valence-electron chi connectivity index (χ0n) is 20.1. The SMILES string of the molecule is O=C(C=S=NCC(=O)C(F)(F)F)NCc1ccc(C2=NOC(c3cc(Cl)c(Cl)c(C(F)(F)F)c3)(C(F)(F)F)C2)cc1Br. The van der Waals surface area contributed by atoms with Gasteiger partial charge in [-0.3, -0.25) is 9.59 Å². The van der Waals surface area contributed by atoms with Gasteiger partial charge in [0.2, 0.25) is 0 Å². The summed E-state index contributed by atoms with van der Waals surface area (Å²) in [5, 5.41) is 4.97. The highest BCUT2D eigenvalue weighted by atomic mass is 79.9. The fraction of sp³-hybridized carbons (Fsp3) is 0.304. The second kappa shape index (κ2) is 12.5. The first-order chi connectivity index (χ1) is 19.3. The number of rotatable bonds is 7. The number of amides is 1. The highest BCUT2D eigenvalue weighted by Crippen LogP contribution is 2.51. The maximum absolute atomic E-state index is 14.3. The molecule has 0 aliphatic carbocycles. The van der Waals surface area contributed by atoms with Crippen molar-refractivity contribution in [2.24, 2.45) is 9.52 Å². The molecule has 1 amide bonds. The molecule has 0 fully saturated rings. The number of benzene rings is 2. The van der Waals surface area contributed by atoms with Crippen LogP contribution < -0.4 is 5.32 Å². The third kappa shape index (κ3) is 7.65. The minimum Gasteiger partial charge on any atom is -0.374 e. The van der Waals surface area contributed by atoms with Crippen LogP contribution in [0.25, 0.3) is 0 Å². The normalized spacial score (nSPS) is 17.3. The lowest BCUT2D eigenvalue weighted by Gasteiger charge is -2.30. The van der Waals surface area contributed by atoms with Gasteiger partial charge >= 0.3 is 18.5 Å². The van der Waals surface area contributed by atoms with Gasteiger partial charge in [-0.2, -0.15) is 39.5 Å². The number of alkyl halides is 9. The molecule has 0 saturated carbocycles. The van der Waals surface area contributed by atoms with Gasteiger partial charge in [0.25, 0.3) is 17.3 Å². The van der Waals surface area contributed by atoms with E-state index >= 15 is 0 Å². The molecular formula is C23H13BrCl2F9N3O3S. The largest absolute Gasteiger partial charge is 0.452 e. The van der Waals surface area contributed by atoms with Crippen LogP contribution in [0.1, 0.15) is 28.7 Å². The van der Waals surface area contributed by atoms with E-state index in [2.05, 4.69) is 30.8 Å². The van der Waals surface area contributed by atoms with Crippen LogP contribution in [0.5, 0.6) is 0 Å². The Morgan fingerprint density at radius 1 is 1.10 bits per heavy atom. The number of nitrogens with one attached hydrogen (secondary N) is 1. The molecule has 3 rings (SSSR count). The van der Waals surface area contributed by atoms with E-state index in [9.17, 15) is 49.1 Å². The van der Waals surface area contributed by atoms with Crippen molar-refractivity contribution in [2.45, 2.75) is 37.1 Å². The number of carbonyl (C=O) groups is 2. The number of Topliss-reactive ketones (excluding diaryl/α,β-unsaturated/α-hetero) is 1. The summed E-state index contributed by atoms with van der Waals surface area (Å²) in [7, 11) is 0. The van der Waals surface area contributed by atoms with E-state index in [4.69, 9.17) is 28.0 Å². The smallest absolute Gasteiger partial charge is 0.374 e. The van der Waals surface area contributed by atoms with E-state index in [0.717, 1.165) is 5.37 Å². The highest BCUT2D eigenvalue weighted by molar-refractivity contribution is 9.10. The third-order valence-electron chi connectivity index (χ3n) is 5.58. The van der Waals surface area contributed by atoms with Crippen molar-refractivity contribution in [3.05, 3.63) is 67.1 Å². The Bertz CT molecular complexity index is 1510. The second-order valence-electron chi connectivity index (χ2n) is 8.40. The molecule has 0 bridgehead atoms. The topological polar surface area (TPSA) is 80.1 Å². The summed E-state index contributed by atoms with van der Waals surface area (Å²) in [6.07, 6.45) is -16.4. The molecule has 1 heterocycles. The number of nitrogens with zero attached hydrogens (tertiary/aromatic N) is 2. The highest BCUT2D eigenvalue weighted by Gasteiger charge is 2.63. The van der Waals surface area contributed by atoms with E-state index < -0.39 is 70.0 Å². The van der Waals surface area contributed by atoms with Crippen LogP contribution in [0.2, 0.25) is 10.0 Å². The Kier molecular flexibility index (Phi) is 10.1. The van der Waals surface area contributed by atoms with Gasteiger partial charge in [-0.1, -0.05) is 56.4 Å². The van der Waals surface area contributed by atoms with Gasteiger partial charge in [0.15, 0.2) is 0 Å². The molecule has 0 aromatic heterocycles. The minimum atomic E-state index is -5.24. The molecule has 42 heavy (non-hydrogen) atoms. The molecule has 2 aromatic rings. The zero-order valence-corrected chi connectivity index (χ0v) is 24.1. The Hall–Kier alpha value is -2.63. The van der Waals surface area contributed by atoms with Gasteiger partial charge in [0.1, 0.15) is 6.54 Å². The minimum absolute atomic E-state index is 0.106. The first-order valence-electron chi connectivity index (χ1n) is 11.0. The average molecular weight is 733 g/mol. The number of carbonyl (C=O) groups excluding carboxylic acids is 2. The third-order valence-corrected chi connectivity index (χ3v) is 7.72. The van der Waals surface area contributed by atoms with E-state index in [1.54, 1.807) is 0 Å². The Balaban J connectivity index is 1.77. The van der Waals surface area contributed by atoms with Crippen LogP contribution in [-0.4, -0.2) is 41.7 Å². The molecule has 0 spiro atoms. The number of hydrogen-bond acceptors (Lipinski definition) is 5. The average Bonchev–Trinajstić information content (AvgIpc) is 3.33. The van der Waals surface area contributed by atoms with E-state index in [-0.39, 0.29) is 28.4 Å². The van der Waals surface area contributed by atoms with Crippen molar-refractivity contribution >= 4 is 73.0 Å². The lowest BCUT2D eigenvalue weighted by Crippen LogP contribution is -2.43. The fourth-order valence-electron chi connectivity index (χ4n) is 3.45. The van der Waals surface area contributed by atoms with Gasteiger partial charge in [0.05, 0.1) is 26.7 Å². The quantitative estimate of drug-likeness (QED) is 0.242. The first-order valence-corrected chi connectivity index (χ1v) is 13.4. The lowest BCUT2D eigenvalue weighted by molar-refractivity contribution is -0.276. The molecule has 228 valence electrons.